The van der Waals surface area contributed by atoms with Crippen molar-refractivity contribution >= 4 is 37.4 Å². The summed E-state index contributed by atoms with van der Waals surface area (Å²) in [5, 5.41) is 2.22. The van der Waals surface area contributed by atoms with E-state index < -0.39 is 16.0 Å². The van der Waals surface area contributed by atoms with E-state index in [1.807, 2.05) is 0 Å². The molecule has 0 aliphatic heterocycles. The van der Waals surface area contributed by atoms with Gasteiger partial charge < -0.3 is 9.92 Å². The molecule has 2 N–H and O–H groups in total. The standard InChI is InChI=1S/C15H11NO4S2/c16-15(17)13-9-21-14-7-6-10(8-12(13)14)20-22(18,19)11-4-2-1-3-5-11/h1-9H,(H2,16,17). The van der Waals surface area contributed by atoms with Crippen LogP contribution in [0.1, 0.15) is 10.4 Å². The normalized spacial score (nSPS) is 11.5. The minimum atomic E-state index is -3.91. The molecule has 3 rings (SSSR count). The van der Waals surface area contributed by atoms with Crippen LogP contribution in [0.15, 0.2) is 58.8 Å². The molecule has 0 bridgehead atoms. The van der Waals surface area contributed by atoms with Crippen LogP contribution >= 0.6 is 11.3 Å². The first kappa shape index (κ1) is 14.6. The highest BCUT2D eigenvalue weighted by molar-refractivity contribution is 7.87. The average molecular weight is 333 g/mol. The first-order valence-electron chi connectivity index (χ1n) is 6.28. The number of nitrogens with two attached hydrogens (primary N) is 1. The number of hydrogen-bond donors (Lipinski definition) is 1. The summed E-state index contributed by atoms with van der Waals surface area (Å²) < 4.78 is 30.3. The van der Waals surface area contributed by atoms with Crippen LogP contribution in [0.3, 0.4) is 0 Å². The fourth-order valence-corrected chi connectivity index (χ4v) is 3.89. The zero-order valence-electron chi connectivity index (χ0n) is 11.2. The predicted octanol–water partition coefficient (Wildman–Crippen LogP) is 2.77. The Morgan fingerprint density at radius 1 is 1.09 bits per heavy atom. The lowest BCUT2D eigenvalue weighted by atomic mass is 10.1. The van der Waals surface area contributed by atoms with E-state index in [0.29, 0.717) is 10.9 Å². The molecule has 1 amide bonds. The molecule has 112 valence electrons. The van der Waals surface area contributed by atoms with Gasteiger partial charge in [-0.25, -0.2) is 0 Å². The van der Waals surface area contributed by atoms with Gasteiger partial charge in [-0.05, 0) is 30.3 Å². The van der Waals surface area contributed by atoms with Gasteiger partial charge in [-0.15, -0.1) is 11.3 Å². The van der Waals surface area contributed by atoms with Gasteiger partial charge in [0.15, 0.2) is 0 Å². The maximum absolute atomic E-state index is 12.2. The van der Waals surface area contributed by atoms with Crippen molar-refractivity contribution in [3.05, 3.63) is 59.5 Å². The van der Waals surface area contributed by atoms with E-state index in [-0.39, 0.29) is 10.6 Å². The van der Waals surface area contributed by atoms with Crippen molar-refractivity contribution in [2.75, 3.05) is 0 Å². The predicted molar refractivity (Wildman–Crippen MR) is 84.6 cm³/mol. The SMILES string of the molecule is NC(=O)c1csc2ccc(OS(=O)(=O)c3ccccc3)cc12. The van der Waals surface area contributed by atoms with Crippen molar-refractivity contribution in [2.24, 2.45) is 5.73 Å². The van der Waals surface area contributed by atoms with Gasteiger partial charge in [-0.1, -0.05) is 18.2 Å². The van der Waals surface area contributed by atoms with E-state index in [4.69, 9.17) is 9.92 Å². The van der Waals surface area contributed by atoms with Crippen LogP contribution in [-0.4, -0.2) is 14.3 Å². The Morgan fingerprint density at radius 3 is 2.50 bits per heavy atom. The zero-order valence-corrected chi connectivity index (χ0v) is 12.9. The molecule has 2 aromatic carbocycles. The Hall–Kier alpha value is -2.38. The van der Waals surface area contributed by atoms with E-state index in [1.165, 1.54) is 29.5 Å². The topological polar surface area (TPSA) is 86.5 Å². The second-order valence-electron chi connectivity index (χ2n) is 4.52. The van der Waals surface area contributed by atoms with Crippen LogP contribution in [0, 0.1) is 0 Å². The number of amides is 1. The van der Waals surface area contributed by atoms with Crippen LogP contribution in [0.2, 0.25) is 0 Å². The monoisotopic (exact) mass is 333 g/mol. The smallest absolute Gasteiger partial charge is 0.339 e. The number of hydrogen-bond acceptors (Lipinski definition) is 5. The molecule has 1 heterocycles. The first-order chi connectivity index (χ1) is 10.5. The third-order valence-corrected chi connectivity index (χ3v) is 5.27. The molecular weight excluding hydrogens is 322 g/mol. The molecule has 0 aliphatic carbocycles. The third kappa shape index (κ3) is 2.68. The van der Waals surface area contributed by atoms with Crippen LogP contribution in [0.5, 0.6) is 5.75 Å². The molecule has 0 radical (unpaired) electrons. The maximum Gasteiger partial charge on any atom is 0.339 e. The van der Waals surface area contributed by atoms with Gasteiger partial charge in [0.1, 0.15) is 10.6 Å². The van der Waals surface area contributed by atoms with Gasteiger partial charge in [0, 0.05) is 15.5 Å². The Balaban J connectivity index is 2.01. The largest absolute Gasteiger partial charge is 0.379 e. The van der Waals surface area contributed by atoms with E-state index in [9.17, 15) is 13.2 Å². The molecule has 5 nitrogen and oxygen atoms in total. The van der Waals surface area contributed by atoms with Crippen molar-refractivity contribution < 1.29 is 17.4 Å². The molecule has 0 atom stereocenters. The lowest BCUT2D eigenvalue weighted by molar-refractivity contribution is 0.100. The Kier molecular flexibility index (Phi) is 3.59. The minimum Gasteiger partial charge on any atom is -0.379 e. The fraction of sp³-hybridized carbons (Fsp3) is 0. The van der Waals surface area contributed by atoms with E-state index >= 15 is 0 Å². The lowest BCUT2D eigenvalue weighted by Gasteiger charge is -2.07. The molecule has 0 unspecified atom stereocenters. The summed E-state index contributed by atoms with van der Waals surface area (Å²) >= 11 is 1.36. The number of carbonyl (C=O) groups excluding carboxylic acids is 1. The number of thiophene rings is 1. The van der Waals surface area contributed by atoms with Gasteiger partial charge in [0.25, 0.3) is 0 Å². The first-order valence-corrected chi connectivity index (χ1v) is 8.57. The van der Waals surface area contributed by atoms with E-state index in [0.717, 1.165) is 4.70 Å². The molecule has 1 aromatic heterocycles. The highest BCUT2D eigenvalue weighted by Crippen LogP contribution is 2.30. The van der Waals surface area contributed by atoms with Gasteiger partial charge in [0.05, 0.1) is 5.56 Å². The van der Waals surface area contributed by atoms with Crippen molar-refractivity contribution in [2.45, 2.75) is 4.90 Å². The summed E-state index contributed by atoms with van der Waals surface area (Å²) in [4.78, 5) is 11.4. The summed E-state index contributed by atoms with van der Waals surface area (Å²) in [6, 6.07) is 12.6. The van der Waals surface area contributed by atoms with Gasteiger partial charge in [-0.2, -0.15) is 8.42 Å². The minimum absolute atomic E-state index is 0.0653. The molecular formula is C15H11NO4S2. The number of primary amides is 1. The second-order valence-corrected chi connectivity index (χ2v) is 6.98. The summed E-state index contributed by atoms with van der Waals surface area (Å²) in [6.07, 6.45) is 0. The van der Waals surface area contributed by atoms with Crippen LogP contribution in [0.25, 0.3) is 10.1 Å². The third-order valence-electron chi connectivity index (χ3n) is 3.05. The highest BCUT2D eigenvalue weighted by atomic mass is 32.2. The van der Waals surface area contributed by atoms with Gasteiger partial charge in [-0.3, -0.25) is 4.79 Å². The number of benzene rings is 2. The van der Waals surface area contributed by atoms with Crippen LogP contribution < -0.4 is 9.92 Å². The van der Waals surface area contributed by atoms with E-state index in [2.05, 4.69) is 0 Å². The lowest BCUT2D eigenvalue weighted by Crippen LogP contribution is -2.10. The van der Waals surface area contributed by atoms with Crippen LogP contribution in [0.4, 0.5) is 0 Å². The zero-order chi connectivity index (χ0) is 15.7. The Morgan fingerprint density at radius 2 is 1.82 bits per heavy atom. The molecule has 0 fully saturated rings. The van der Waals surface area contributed by atoms with Crippen molar-refractivity contribution in [3.63, 3.8) is 0 Å². The molecule has 3 aromatic rings. The molecule has 0 aliphatic rings. The van der Waals surface area contributed by atoms with Crippen molar-refractivity contribution in [1.82, 2.24) is 0 Å². The van der Waals surface area contributed by atoms with E-state index in [1.54, 1.807) is 35.7 Å². The van der Waals surface area contributed by atoms with Crippen molar-refractivity contribution in [1.29, 1.82) is 0 Å². The summed E-state index contributed by atoms with van der Waals surface area (Å²) in [6.45, 7) is 0. The van der Waals surface area contributed by atoms with Crippen LogP contribution in [-0.2, 0) is 10.1 Å². The highest BCUT2D eigenvalue weighted by Gasteiger charge is 2.17. The molecule has 0 spiro atoms. The Labute approximate surface area is 131 Å². The van der Waals surface area contributed by atoms with Gasteiger partial charge >= 0.3 is 10.1 Å². The van der Waals surface area contributed by atoms with Gasteiger partial charge in [0.2, 0.25) is 5.91 Å². The molecule has 0 saturated carbocycles. The average Bonchev–Trinajstić information content (AvgIpc) is 2.91. The number of fused-ring (bicyclic) bond motifs is 1. The Bertz CT molecular complexity index is 946. The molecule has 0 saturated heterocycles. The second kappa shape index (κ2) is 5.43. The number of carbonyl (C=O) groups is 1. The quantitative estimate of drug-likeness (QED) is 0.744. The molecule has 22 heavy (non-hydrogen) atoms. The number of rotatable bonds is 4. The summed E-state index contributed by atoms with van der Waals surface area (Å²) in [5.74, 6) is -0.424. The molecule has 7 heteroatoms. The fourth-order valence-electron chi connectivity index (χ4n) is 2.01. The summed E-state index contributed by atoms with van der Waals surface area (Å²) in [5.41, 5.74) is 5.65. The summed E-state index contributed by atoms with van der Waals surface area (Å²) in [7, 11) is -3.91. The van der Waals surface area contributed by atoms with Crippen molar-refractivity contribution in [3.8, 4) is 5.75 Å². The maximum atomic E-state index is 12.2.